The highest BCUT2D eigenvalue weighted by Crippen LogP contribution is 2.25. The van der Waals surface area contributed by atoms with Gasteiger partial charge in [0.25, 0.3) is 5.91 Å². The molecule has 40 heavy (non-hydrogen) atoms. The fraction of sp³-hybridized carbons (Fsp3) is 0.471. The van der Waals surface area contributed by atoms with Gasteiger partial charge in [-0.1, -0.05) is 44.0 Å². The predicted molar refractivity (Wildman–Crippen MR) is 162 cm³/mol. The minimum absolute atomic E-state index is 0.143. The molecule has 1 aromatic heterocycles. The molecule has 0 saturated carbocycles. The molecule has 0 N–H and O–H groups in total. The topological polar surface area (TPSA) is 48.9 Å². The third-order valence-corrected chi connectivity index (χ3v) is 8.35. The van der Waals surface area contributed by atoms with Crippen molar-refractivity contribution in [2.24, 2.45) is 0 Å². The first-order valence-electron chi connectivity index (χ1n) is 15.1. The summed E-state index contributed by atoms with van der Waals surface area (Å²) in [5.41, 5.74) is 5.82. The number of carbonyl (C=O) groups is 1. The standard InChI is InChI=1S/C34H44N4O2/c1-2-3-4-5-28-6-10-31(11-7-28)34(39)38(27-29-8-12-32(13-9-29)37-22-24-40-25-23-37)33-16-20-36(21-17-33)26-30-14-18-35-19-15-30/h6-15,18-19,33H,2-5,16-17,20-27H2,1H3. The number of piperidine rings is 1. The maximum Gasteiger partial charge on any atom is 0.254 e. The molecule has 6 heteroatoms. The number of aromatic nitrogens is 1. The summed E-state index contributed by atoms with van der Waals surface area (Å²) >= 11 is 0. The molecule has 5 rings (SSSR count). The zero-order valence-electron chi connectivity index (χ0n) is 24.0. The van der Waals surface area contributed by atoms with Crippen molar-refractivity contribution in [1.29, 1.82) is 0 Å². The fourth-order valence-corrected chi connectivity index (χ4v) is 5.89. The number of anilines is 1. The van der Waals surface area contributed by atoms with E-state index >= 15 is 0 Å². The van der Waals surface area contributed by atoms with Crippen molar-refractivity contribution in [3.63, 3.8) is 0 Å². The summed E-state index contributed by atoms with van der Waals surface area (Å²) in [4.78, 5) is 25.1. The maximum absolute atomic E-state index is 14.0. The molecule has 3 aromatic rings. The maximum atomic E-state index is 14.0. The number of hydrogen-bond donors (Lipinski definition) is 0. The number of unbranched alkanes of at least 4 members (excludes halogenated alkanes) is 2. The van der Waals surface area contributed by atoms with Crippen LogP contribution >= 0.6 is 0 Å². The number of benzene rings is 2. The number of aryl methyl sites for hydroxylation is 1. The van der Waals surface area contributed by atoms with E-state index in [0.717, 1.165) is 70.8 Å². The number of pyridine rings is 1. The molecule has 2 fully saturated rings. The molecular formula is C34H44N4O2. The number of morpholine rings is 1. The van der Waals surface area contributed by atoms with Crippen molar-refractivity contribution in [2.45, 2.75) is 64.6 Å². The summed E-state index contributed by atoms with van der Waals surface area (Å²) in [6.45, 7) is 9.19. The van der Waals surface area contributed by atoms with E-state index in [4.69, 9.17) is 4.74 Å². The largest absolute Gasteiger partial charge is 0.378 e. The molecule has 0 atom stereocenters. The highest BCUT2D eigenvalue weighted by molar-refractivity contribution is 5.94. The van der Waals surface area contributed by atoms with Gasteiger partial charge in [0, 0.05) is 69.0 Å². The van der Waals surface area contributed by atoms with Crippen LogP contribution in [0, 0.1) is 0 Å². The quantitative estimate of drug-likeness (QED) is 0.281. The van der Waals surface area contributed by atoms with Crippen LogP contribution in [-0.4, -0.2) is 66.1 Å². The second-order valence-corrected chi connectivity index (χ2v) is 11.2. The molecule has 0 unspecified atom stereocenters. The molecule has 0 spiro atoms. The summed E-state index contributed by atoms with van der Waals surface area (Å²) in [5.74, 6) is 0.143. The van der Waals surface area contributed by atoms with E-state index in [9.17, 15) is 4.79 Å². The Bertz CT molecular complexity index is 1170. The van der Waals surface area contributed by atoms with Crippen molar-refractivity contribution < 1.29 is 9.53 Å². The van der Waals surface area contributed by atoms with Crippen molar-refractivity contribution in [3.8, 4) is 0 Å². The molecule has 0 bridgehead atoms. The van der Waals surface area contributed by atoms with Gasteiger partial charge in [-0.2, -0.15) is 0 Å². The van der Waals surface area contributed by atoms with Crippen LogP contribution in [0.5, 0.6) is 0 Å². The minimum Gasteiger partial charge on any atom is -0.378 e. The van der Waals surface area contributed by atoms with Crippen molar-refractivity contribution in [1.82, 2.24) is 14.8 Å². The Hall–Kier alpha value is -3.22. The third-order valence-electron chi connectivity index (χ3n) is 8.35. The normalized spacial score (nSPS) is 16.7. The van der Waals surface area contributed by atoms with Gasteiger partial charge in [0.2, 0.25) is 0 Å². The lowest BCUT2D eigenvalue weighted by Crippen LogP contribution is -2.46. The number of carbonyl (C=O) groups excluding carboxylic acids is 1. The number of ether oxygens (including phenoxy) is 1. The molecule has 0 aliphatic carbocycles. The molecule has 2 aliphatic rings. The van der Waals surface area contributed by atoms with Gasteiger partial charge in [-0.3, -0.25) is 14.7 Å². The van der Waals surface area contributed by atoms with Gasteiger partial charge >= 0.3 is 0 Å². The number of hydrogen-bond acceptors (Lipinski definition) is 5. The SMILES string of the molecule is CCCCCc1ccc(C(=O)N(Cc2ccc(N3CCOCC3)cc2)C2CCN(Cc3ccncc3)CC2)cc1. The molecule has 1 amide bonds. The Balaban J connectivity index is 1.28. The van der Waals surface area contributed by atoms with Gasteiger partial charge in [0.05, 0.1) is 13.2 Å². The first-order valence-corrected chi connectivity index (χ1v) is 15.1. The Morgan fingerprint density at radius 3 is 2.20 bits per heavy atom. The van der Waals surface area contributed by atoms with E-state index in [1.165, 1.54) is 41.6 Å². The Morgan fingerprint density at radius 1 is 0.850 bits per heavy atom. The molecule has 2 saturated heterocycles. The van der Waals surface area contributed by atoms with Crippen molar-refractivity contribution >= 4 is 11.6 Å². The van der Waals surface area contributed by atoms with Gasteiger partial charge in [-0.15, -0.1) is 0 Å². The van der Waals surface area contributed by atoms with E-state index in [2.05, 4.69) is 75.1 Å². The van der Waals surface area contributed by atoms with Crippen LogP contribution in [0.1, 0.15) is 66.1 Å². The summed E-state index contributed by atoms with van der Waals surface area (Å²) in [6, 6.07) is 21.6. The number of likely N-dealkylation sites (tertiary alicyclic amines) is 1. The zero-order valence-corrected chi connectivity index (χ0v) is 24.0. The van der Waals surface area contributed by atoms with Gasteiger partial charge < -0.3 is 14.5 Å². The fourth-order valence-electron chi connectivity index (χ4n) is 5.89. The monoisotopic (exact) mass is 540 g/mol. The summed E-state index contributed by atoms with van der Waals surface area (Å²) < 4.78 is 5.51. The van der Waals surface area contributed by atoms with E-state index in [-0.39, 0.29) is 11.9 Å². The summed E-state index contributed by atoms with van der Waals surface area (Å²) in [6.07, 6.45) is 10.4. The average Bonchev–Trinajstić information content (AvgIpc) is 3.02. The highest BCUT2D eigenvalue weighted by atomic mass is 16.5. The van der Waals surface area contributed by atoms with E-state index in [1.54, 1.807) is 0 Å². The smallest absolute Gasteiger partial charge is 0.254 e. The first kappa shape index (κ1) is 28.3. The lowest BCUT2D eigenvalue weighted by atomic mass is 9.99. The van der Waals surface area contributed by atoms with E-state index in [1.807, 2.05) is 24.5 Å². The molecule has 2 aromatic carbocycles. The Labute approximate surface area is 240 Å². The molecule has 212 valence electrons. The van der Waals surface area contributed by atoms with Crippen molar-refractivity contribution in [2.75, 3.05) is 44.3 Å². The van der Waals surface area contributed by atoms with Crippen LogP contribution in [-0.2, 0) is 24.2 Å². The lowest BCUT2D eigenvalue weighted by Gasteiger charge is -2.39. The first-order chi connectivity index (χ1) is 19.7. The highest BCUT2D eigenvalue weighted by Gasteiger charge is 2.29. The number of rotatable bonds is 11. The lowest BCUT2D eigenvalue weighted by molar-refractivity contribution is 0.0543. The predicted octanol–water partition coefficient (Wildman–Crippen LogP) is 5.96. The summed E-state index contributed by atoms with van der Waals surface area (Å²) in [7, 11) is 0. The zero-order chi connectivity index (χ0) is 27.6. The molecule has 6 nitrogen and oxygen atoms in total. The van der Waals surface area contributed by atoms with Crippen LogP contribution < -0.4 is 4.90 Å². The second kappa shape index (κ2) is 14.4. The second-order valence-electron chi connectivity index (χ2n) is 11.2. The van der Waals surface area contributed by atoms with E-state index < -0.39 is 0 Å². The number of nitrogens with zero attached hydrogens (tertiary/aromatic N) is 4. The van der Waals surface area contributed by atoms with Gasteiger partial charge in [0.1, 0.15) is 0 Å². The molecule has 2 aliphatic heterocycles. The number of amides is 1. The Kier molecular flexibility index (Phi) is 10.2. The molecule has 3 heterocycles. The van der Waals surface area contributed by atoms with Gasteiger partial charge in [0.15, 0.2) is 0 Å². The Morgan fingerprint density at radius 2 is 1.52 bits per heavy atom. The van der Waals surface area contributed by atoms with Crippen LogP contribution in [0.25, 0.3) is 0 Å². The third kappa shape index (κ3) is 7.70. The summed E-state index contributed by atoms with van der Waals surface area (Å²) in [5, 5.41) is 0. The van der Waals surface area contributed by atoms with Crippen LogP contribution in [0.4, 0.5) is 5.69 Å². The van der Waals surface area contributed by atoms with Crippen LogP contribution in [0.3, 0.4) is 0 Å². The van der Waals surface area contributed by atoms with Crippen LogP contribution in [0.2, 0.25) is 0 Å². The average molecular weight is 541 g/mol. The molecule has 0 radical (unpaired) electrons. The van der Waals surface area contributed by atoms with Crippen molar-refractivity contribution in [3.05, 3.63) is 95.3 Å². The van der Waals surface area contributed by atoms with Gasteiger partial charge in [-0.25, -0.2) is 0 Å². The van der Waals surface area contributed by atoms with Crippen LogP contribution in [0.15, 0.2) is 73.1 Å². The van der Waals surface area contributed by atoms with Gasteiger partial charge in [-0.05, 0) is 78.8 Å². The van der Waals surface area contributed by atoms with E-state index in [0.29, 0.717) is 6.54 Å². The molecular weight excluding hydrogens is 496 g/mol. The minimum atomic E-state index is 0.143.